The van der Waals surface area contributed by atoms with Gasteiger partial charge in [0.05, 0.1) is 22.5 Å². The summed E-state index contributed by atoms with van der Waals surface area (Å²) in [6.07, 6.45) is -3.25. The van der Waals surface area contributed by atoms with E-state index in [1.807, 2.05) is 4.98 Å². The fourth-order valence-corrected chi connectivity index (χ4v) is 3.60. The summed E-state index contributed by atoms with van der Waals surface area (Å²) in [7, 11) is 0. The van der Waals surface area contributed by atoms with Crippen molar-refractivity contribution in [1.82, 2.24) is 19.9 Å². The van der Waals surface area contributed by atoms with Crippen LogP contribution in [0, 0.1) is 0 Å². The molecule has 4 aromatic heterocycles. The van der Waals surface area contributed by atoms with E-state index >= 15 is 0 Å². The van der Waals surface area contributed by atoms with Gasteiger partial charge in [-0.25, -0.2) is 9.78 Å². The average molecular weight is 364 g/mol. The van der Waals surface area contributed by atoms with Gasteiger partial charge in [-0.2, -0.15) is 13.2 Å². The zero-order valence-corrected chi connectivity index (χ0v) is 13.0. The van der Waals surface area contributed by atoms with Crippen molar-refractivity contribution in [2.45, 2.75) is 6.18 Å². The predicted octanol–water partition coefficient (Wildman–Crippen LogP) is 2.91. The number of aromatic amines is 2. The highest BCUT2D eigenvalue weighted by atomic mass is 32.1. The van der Waals surface area contributed by atoms with Crippen molar-refractivity contribution in [3.8, 4) is 11.4 Å². The highest BCUT2D eigenvalue weighted by Gasteiger charge is 2.35. The lowest BCUT2D eigenvalue weighted by Gasteiger charge is -2.10. The summed E-state index contributed by atoms with van der Waals surface area (Å²) in [5.74, 6) is 0. The van der Waals surface area contributed by atoms with Gasteiger partial charge >= 0.3 is 11.9 Å². The highest BCUT2D eigenvalue weighted by Crippen LogP contribution is 2.41. The number of alkyl halides is 3. The minimum absolute atomic E-state index is 0.00201. The number of hydrogen-bond donors (Lipinski definition) is 2. The Morgan fingerprint density at radius 1 is 1.08 bits per heavy atom. The molecule has 0 aliphatic heterocycles. The molecule has 0 radical (unpaired) electrons. The smallest absolute Gasteiger partial charge is 0.305 e. The van der Waals surface area contributed by atoms with Gasteiger partial charge in [-0.1, -0.05) is 6.07 Å². The normalized spacial score (nSPS) is 12.1. The Kier molecular flexibility index (Phi) is 3.25. The Hall–Kier alpha value is -3.01. The second kappa shape index (κ2) is 5.24. The fourth-order valence-electron chi connectivity index (χ4n) is 2.55. The van der Waals surface area contributed by atoms with Crippen molar-refractivity contribution in [2.75, 3.05) is 0 Å². The van der Waals surface area contributed by atoms with E-state index in [2.05, 4.69) is 15.0 Å². The molecule has 0 fully saturated rings. The second-order valence-electron chi connectivity index (χ2n) is 5.16. The topological polar surface area (TPSA) is 91.5 Å². The molecule has 0 aliphatic rings. The van der Waals surface area contributed by atoms with E-state index in [1.165, 1.54) is 12.3 Å². The zero-order valence-electron chi connectivity index (χ0n) is 12.1. The van der Waals surface area contributed by atoms with Crippen molar-refractivity contribution in [2.24, 2.45) is 0 Å². The molecule has 0 unspecified atom stereocenters. The van der Waals surface area contributed by atoms with E-state index in [1.54, 1.807) is 12.1 Å². The molecule has 126 valence electrons. The number of aromatic nitrogens is 4. The minimum Gasteiger partial charge on any atom is -0.305 e. The molecule has 4 aromatic rings. The standard InChI is InChI=1S/C15H7F3N4O2S/c16-15(17,18)6-5-8(7-3-1-2-4-19-7)20-13-9(6)10-11(25-13)12(23)22-14(24)21-10/h1-5H,(H2,21,22,23,24). The molecule has 4 heterocycles. The van der Waals surface area contributed by atoms with Crippen molar-refractivity contribution in [1.29, 1.82) is 0 Å². The Bertz CT molecular complexity index is 1230. The third-order valence-corrected chi connectivity index (χ3v) is 4.65. The molecule has 0 atom stereocenters. The first-order chi connectivity index (χ1) is 11.8. The van der Waals surface area contributed by atoms with E-state index in [0.29, 0.717) is 0 Å². The van der Waals surface area contributed by atoms with Gasteiger partial charge in [0.1, 0.15) is 9.53 Å². The number of nitrogens with one attached hydrogen (secondary N) is 2. The van der Waals surface area contributed by atoms with Gasteiger partial charge in [0, 0.05) is 11.6 Å². The zero-order chi connectivity index (χ0) is 17.8. The van der Waals surface area contributed by atoms with Crippen molar-refractivity contribution in [3.05, 3.63) is 56.9 Å². The first-order valence-corrected chi connectivity index (χ1v) is 7.74. The van der Waals surface area contributed by atoms with Gasteiger partial charge < -0.3 is 4.98 Å². The van der Waals surface area contributed by atoms with Gasteiger partial charge in [-0.05, 0) is 18.2 Å². The first kappa shape index (κ1) is 15.5. The number of halogens is 3. The number of fused-ring (bicyclic) bond motifs is 3. The summed E-state index contributed by atoms with van der Waals surface area (Å²) in [6, 6.07) is 5.68. The first-order valence-electron chi connectivity index (χ1n) is 6.93. The monoisotopic (exact) mass is 364 g/mol. The molecule has 2 N–H and O–H groups in total. The quantitative estimate of drug-likeness (QED) is 0.543. The largest absolute Gasteiger partial charge is 0.417 e. The molecule has 0 amide bonds. The molecule has 0 saturated heterocycles. The summed E-state index contributed by atoms with van der Waals surface area (Å²) in [5.41, 5.74) is -2.47. The van der Waals surface area contributed by atoms with Crippen LogP contribution in [-0.4, -0.2) is 19.9 Å². The molecule has 10 heteroatoms. The summed E-state index contributed by atoms with van der Waals surface area (Å²) in [6.45, 7) is 0. The van der Waals surface area contributed by atoms with Crippen LogP contribution in [0.5, 0.6) is 0 Å². The van der Waals surface area contributed by atoms with Crippen LogP contribution in [0.2, 0.25) is 0 Å². The molecule has 4 rings (SSSR count). The number of pyridine rings is 2. The van der Waals surface area contributed by atoms with Crippen molar-refractivity contribution in [3.63, 3.8) is 0 Å². The lowest BCUT2D eigenvalue weighted by molar-refractivity contribution is -0.136. The fraction of sp³-hybridized carbons (Fsp3) is 0.0667. The number of hydrogen-bond acceptors (Lipinski definition) is 5. The molecule has 0 aromatic carbocycles. The van der Waals surface area contributed by atoms with E-state index in [4.69, 9.17) is 0 Å². The maximum Gasteiger partial charge on any atom is 0.417 e. The number of H-pyrrole nitrogens is 2. The van der Waals surface area contributed by atoms with Crippen LogP contribution in [-0.2, 0) is 6.18 Å². The van der Waals surface area contributed by atoms with E-state index in [-0.39, 0.29) is 31.8 Å². The third-order valence-electron chi connectivity index (χ3n) is 3.57. The van der Waals surface area contributed by atoms with Gasteiger partial charge in [0.2, 0.25) is 0 Å². The average Bonchev–Trinajstić information content (AvgIpc) is 2.93. The number of rotatable bonds is 1. The van der Waals surface area contributed by atoms with Gasteiger partial charge in [0.15, 0.2) is 0 Å². The Morgan fingerprint density at radius 2 is 1.88 bits per heavy atom. The molecule has 6 nitrogen and oxygen atoms in total. The SMILES string of the molecule is O=c1[nH]c(=O)c2sc3nc(-c4ccccn4)cc(C(F)(F)F)c3c2[nH]1. The van der Waals surface area contributed by atoms with Crippen LogP contribution in [0.25, 0.3) is 31.8 Å². The van der Waals surface area contributed by atoms with Crippen LogP contribution >= 0.6 is 11.3 Å². The molecule has 0 bridgehead atoms. The van der Waals surface area contributed by atoms with Crippen LogP contribution in [0.4, 0.5) is 13.2 Å². The van der Waals surface area contributed by atoms with Gasteiger partial charge in [-0.15, -0.1) is 11.3 Å². The number of nitrogens with zero attached hydrogens (tertiary/aromatic N) is 2. The molecule has 0 aliphatic carbocycles. The maximum atomic E-state index is 13.6. The third kappa shape index (κ3) is 2.50. The highest BCUT2D eigenvalue weighted by molar-refractivity contribution is 7.25. The second-order valence-corrected chi connectivity index (χ2v) is 6.16. The predicted molar refractivity (Wildman–Crippen MR) is 86.6 cm³/mol. The summed E-state index contributed by atoms with van der Waals surface area (Å²) < 4.78 is 40.8. The van der Waals surface area contributed by atoms with Gasteiger partial charge in [-0.3, -0.25) is 14.8 Å². The van der Waals surface area contributed by atoms with E-state index in [9.17, 15) is 22.8 Å². The lowest BCUT2D eigenvalue weighted by atomic mass is 10.1. The van der Waals surface area contributed by atoms with Crippen LogP contribution < -0.4 is 11.2 Å². The van der Waals surface area contributed by atoms with Crippen LogP contribution in [0.3, 0.4) is 0 Å². The molecular formula is C15H7F3N4O2S. The van der Waals surface area contributed by atoms with Gasteiger partial charge in [0.25, 0.3) is 5.56 Å². The molecule has 25 heavy (non-hydrogen) atoms. The molecular weight excluding hydrogens is 357 g/mol. The minimum atomic E-state index is -4.70. The summed E-state index contributed by atoms with van der Waals surface area (Å²) in [4.78, 5) is 35.9. The Labute approximate surface area is 140 Å². The van der Waals surface area contributed by atoms with Crippen molar-refractivity contribution < 1.29 is 13.2 Å². The van der Waals surface area contributed by atoms with Crippen molar-refractivity contribution >= 4 is 31.8 Å². The lowest BCUT2D eigenvalue weighted by Crippen LogP contribution is -2.20. The maximum absolute atomic E-state index is 13.6. The summed E-state index contributed by atoms with van der Waals surface area (Å²) >= 11 is 0.783. The van der Waals surface area contributed by atoms with E-state index in [0.717, 1.165) is 17.4 Å². The Morgan fingerprint density at radius 3 is 2.56 bits per heavy atom. The molecule has 0 saturated carbocycles. The summed E-state index contributed by atoms with van der Waals surface area (Å²) in [5, 5.41) is -0.296. The van der Waals surface area contributed by atoms with Crippen LogP contribution in [0.1, 0.15) is 5.56 Å². The Balaban J connectivity index is 2.19. The van der Waals surface area contributed by atoms with Crippen LogP contribution in [0.15, 0.2) is 40.1 Å². The number of thiophene rings is 1. The van der Waals surface area contributed by atoms with E-state index < -0.39 is 23.0 Å². The molecule has 0 spiro atoms.